The van der Waals surface area contributed by atoms with Crippen LogP contribution in [-0.2, 0) is 4.74 Å². The van der Waals surface area contributed by atoms with E-state index >= 15 is 0 Å². The number of hydrogen-bond donors (Lipinski definition) is 1. The first-order valence-corrected chi connectivity index (χ1v) is 7.97. The molecule has 1 atom stereocenters. The third kappa shape index (κ3) is 3.19. The average Bonchev–Trinajstić information content (AvgIpc) is 2.57. The average molecular weight is 283 g/mol. The fourth-order valence-electron chi connectivity index (χ4n) is 3.87. The standard InChI is InChI=1S/C16H33N3O/c1-14(2,12-17)19-9-7-18(8-10-19)13-11-15(3,4)20-16(13,5)6/h13H,7-12,17H2,1-6H3. The highest BCUT2D eigenvalue weighted by atomic mass is 16.5. The minimum atomic E-state index is -0.0466. The molecule has 0 radical (unpaired) electrons. The Bertz CT molecular complexity index is 344. The SMILES string of the molecule is CC1(C)CC(N2CCN(C(C)(C)CN)CC2)C(C)(C)O1. The molecule has 20 heavy (non-hydrogen) atoms. The van der Waals surface area contributed by atoms with Crippen LogP contribution in [0.1, 0.15) is 48.0 Å². The van der Waals surface area contributed by atoms with Crippen molar-refractivity contribution in [2.24, 2.45) is 5.73 Å². The topological polar surface area (TPSA) is 41.7 Å². The van der Waals surface area contributed by atoms with Gasteiger partial charge in [-0.1, -0.05) is 0 Å². The fraction of sp³-hybridized carbons (Fsp3) is 1.00. The first-order valence-electron chi connectivity index (χ1n) is 7.97. The zero-order chi connectivity index (χ0) is 15.2. The van der Waals surface area contributed by atoms with Gasteiger partial charge in [-0.05, 0) is 48.0 Å². The molecule has 2 fully saturated rings. The van der Waals surface area contributed by atoms with Gasteiger partial charge in [0, 0.05) is 44.3 Å². The molecule has 0 bridgehead atoms. The minimum Gasteiger partial charge on any atom is -0.368 e. The van der Waals surface area contributed by atoms with Crippen molar-refractivity contribution >= 4 is 0 Å². The maximum Gasteiger partial charge on any atom is 0.0789 e. The Kier molecular flexibility index (Phi) is 4.25. The van der Waals surface area contributed by atoms with E-state index in [-0.39, 0.29) is 16.7 Å². The van der Waals surface area contributed by atoms with E-state index in [9.17, 15) is 0 Å². The zero-order valence-electron chi connectivity index (χ0n) is 14.2. The van der Waals surface area contributed by atoms with Crippen molar-refractivity contribution in [1.82, 2.24) is 9.80 Å². The highest BCUT2D eigenvalue weighted by molar-refractivity contribution is 5.01. The lowest BCUT2D eigenvalue weighted by Crippen LogP contribution is -2.60. The molecule has 4 heteroatoms. The van der Waals surface area contributed by atoms with Gasteiger partial charge in [-0.15, -0.1) is 0 Å². The molecule has 2 aliphatic heterocycles. The van der Waals surface area contributed by atoms with Gasteiger partial charge in [-0.2, -0.15) is 0 Å². The summed E-state index contributed by atoms with van der Waals surface area (Å²) in [6.45, 7) is 18.6. The summed E-state index contributed by atoms with van der Waals surface area (Å²) in [5.41, 5.74) is 5.97. The van der Waals surface area contributed by atoms with Crippen LogP contribution in [0.2, 0.25) is 0 Å². The molecule has 2 heterocycles. The van der Waals surface area contributed by atoms with Crippen LogP contribution >= 0.6 is 0 Å². The van der Waals surface area contributed by atoms with Gasteiger partial charge in [-0.25, -0.2) is 0 Å². The molecule has 0 aromatic rings. The highest BCUT2D eigenvalue weighted by Gasteiger charge is 2.49. The normalized spacial score (nSPS) is 31.6. The lowest BCUT2D eigenvalue weighted by molar-refractivity contribution is -0.0853. The lowest BCUT2D eigenvalue weighted by atomic mass is 9.92. The number of hydrogen-bond acceptors (Lipinski definition) is 4. The van der Waals surface area contributed by atoms with Crippen molar-refractivity contribution < 1.29 is 4.74 Å². The van der Waals surface area contributed by atoms with E-state index in [1.165, 1.54) is 0 Å². The number of ether oxygens (including phenoxy) is 1. The summed E-state index contributed by atoms with van der Waals surface area (Å²) in [7, 11) is 0. The monoisotopic (exact) mass is 283 g/mol. The van der Waals surface area contributed by atoms with Crippen molar-refractivity contribution in [2.75, 3.05) is 32.7 Å². The molecule has 118 valence electrons. The summed E-state index contributed by atoms with van der Waals surface area (Å²) >= 11 is 0. The smallest absolute Gasteiger partial charge is 0.0789 e. The van der Waals surface area contributed by atoms with Crippen LogP contribution in [0.5, 0.6) is 0 Å². The molecular formula is C16H33N3O. The number of nitrogens with zero attached hydrogens (tertiary/aromatic N) is 2. The molecule has 1 unspecified atom stereocenters. The van der Waals surface area contributed by atoms with Gasteiger partial charge in [0.25, 0.3) is 0 Å². The quantitative estimate of drug-likeness (QED) is 0.856. The summed E-state index contributed by atoms with van der Waals surface area (Å²) < 4.78 is 6.24. The lowest BCUT2D eigenvalue weighted by Gasteiger charge is -2.46. The Morgan fingerprint density at radius 1 is 1.10 bits per heavy atom. The van der Waals surface area contributed by atoms with Crippen LogP contribution in [-0.4, -0.2) is 65.3 Å². The van der Waals surface area contributed by atoms with E-state index in [2.05, 4.69) is 51.3 Å². The van der Waals surface area contributed by atoms with Gasteiger partial charge in [0.15, 0.2) is 0 Å². The second-order valence-corrected chi connectivity index (χ2v) is 8.22. The van der Waals surface area contributed by atoms with Gasteiger partial charge in [-0.3, -0.25) is 9.80 Å². The van der Waals surface area contributed by atoms with Crippen LogP contribution in [0.15, 0.2) is 0 Å². The van der Waals surface area contributed by atoms with E-state index in [1.807, 2.05) is 0 Å². The Morgan fingerprint density at radius 2 is 1.65 bits per heavy atom. The number of nitrogens with two attached hydrogens (primary N) is 1. The van der Waals surface area contributed by atoms with E-state index in [0.29, 0.717) is 6.04 Å². The van der Waals surface area contributed by atoms with Crippen LogP contribution in [0.25, 0.3) is 0 Å². The molecule has 2 rings (SSSR count). The summed E-state index contributed by atoms with van der Waals surface area (Å²) in [6.07, 6.45) is 1.13. The summed E-state index contributed by atoms with van der Waals surface area (Å²) in [5.74, 6) is 0. The summed E-state index contributed by atoms with van der Waals surface area (Å²) in [6, 6.07) is 0.528. The van der Waals surface area contributed by atoms with Crippen LogP contribution < -0.4 is 5.73 Å². The Balaban J connectivity index is 1.98. The molecule has 2 N–H and O–H groups in total. The van der Waals surface area contributed by atoms with Crippen LogP contribution in [0.3, 0.4) is 0 Å². The second-order valence-electron chi connectivity index (χ2n) is 8.22. The second kappa shape index (κ2) is 5.24. The molecule has 0 spiro atoms. The van der Waals surface area contributed by atoms with Gasteiger partial charge in [0.1, 0.15) is 0 Å². The van der Waals surface area contributed by atoms with Gasteiger partial charge in [0.2, 0.25) is 0 Å². The molecule has 0 aromatic carbocycles. The predicted octanol–water partition coefficient (Wildman–Crippen LogP) is 1.69. The van der Waals surface area contributed by atoms with Crippen molar-refractivity contribution in [3.05, 3.63) is 0 Å². The number of piperazine rings is 1. The van der Waals surface area contributed by atoms with E-state index in [0.717, 1.165) is 39.1 Å². The Morgan fingerprint density at radius 3 is 2.05 bits per heavy atom. The molecule has 0 saturated carbocycles. The van der Waals surface area contributed by atoms with Crippen molar-refractivity contribution in [3.63, 3.8) is 0 Å². The Labute approximate surface area is 124 Å². The van der Waals surface area contributed by atoms with Gasteiger partial charge < -0.3 is 10.5 Å². The molecule has 2 saturated heterocycles. The molecule has 0 amide bonds. The third-order valence-electron chi connectivity index (χ3n) is 5.14. The molecule has 4 nitrogen and oxygen atoms in total. The van der Waals surface area contributed by atoms with Crippen LogP contribution in [0, 0.1) is 0 Å². The molecule has 2 aliphatic rings. The largest absolute Gasteiger partial charge is 0.368 e. The van der Waals surface area contributed by atoms with E-state index in [1.54, 1.807) is 0 Å². The highest BCUT2D eigenvalue weighted by Crippen LogP contribution is 2.40. The summed E-state index contributed by atoms with van der Waals surface area (Å²) in [5, 5.41) is 0. The van der Waals surface area contributed by atoms with Crippen molar-refractivity contribution in [1.29, 1.82) is 0 Å². The summed E-state index contributed by atoms with van der Waals surface area (Å²) in [4.78, 5) is 5.15. The van der Waals surface area contributed by atoms with Crippen molar-refractivity contribution in [2.45, 2.75) is 70.7 Å². The van der Waals surface area contributed by atoms with Crippen LogP contribution in [0.4, 0.5) is 0 Å². The van der Waals surface area contributed by atoms with Crippen molar-refractivity contribution in [3.8, 4) is 0 Å². The fourth-order valence-corrected chi connectivity index (χ4v) is 3.87. The first kappa shape index (κ1) is 16.2. The molecule has 0 aromatic heterocycles. The van der Waals surface area contributed by atoms with E-state index < -0.39 is 0 Å². The minimum absolute atomic E-state index is 0.00182. The maximum absolute atomic E-state index is 6.24. The molecule has 0 aliphatic carbocycles. The Hall–Kier alpha value is -0.160. The predicted molar refractivity (Wildman–Crippen MR) is 83.9 cm³/mol. The van der Waals surface area contributed by atoms with Gasteiger partial charge >= 0.3 is 0 Å². The zero-order valence-corrected chi connectivity index (χ0v) is 14.2. The third-order valence-corrected chi connectivity index (χ3v) is 5.14. The van der Waals surface area contributed by atoms with Gasteiger partial charge in [0.05, 0.1) is 11.2 Å². The maximum atomic E-state index is 6.24. The van der Waals surface area contributed by atoms with E-state index in [4.69, 9.17) is 10.5 Å². The number of rotatable bonds is 3. The first-order chi connectivity index (χ1) is 9.07. The molecular weight excluding hydrogens is 250 g/mol.